The van der Waals surface area contributed by atoms with E-state index in [0.717, 1.165) is 24.8 Å². The molecular weight excluding hydrogens is 280 g/mol. The van der Waals surface area contributed by atoms with Crippen molar-refractivity contribution in [1.82, 2.24) is 10.1 Å². The second kappa shape index (κ2) is 5.40. The van der Waals surface area contributed by atoms with E-state index in [1.54, 1.807) is 12.1 Å². The maximum absolute atomic E-state index is 12.2. The molecule has 3 rings (SSSR count). The number of hydrogen-bond donors (Lipinski definition) is 1. The molecule has 1 aliphatic carbocycles. The van der Waals surface area contributed by atoms with Gasteiger partial charge in [-0.1, -0.05) is 17.3 Å². The third kappa shape index (κ3) is 3.02. The molecule has 112 valence electrons. The summed E-state index contributed by atoms with van der Waals surface area (Å²) in [5, 5.41) is 3.91. The quantitative estimate of drug-likeness (QED) is 0.917. The summed E-state index contributed by atoms with van der Waals surface area (Å²) in [5.41, 5.74) is 6.40. The van der Waals surface area contributed by atoms with E-state index in [9.17, 15) is 8.78 Å². The number of rotatable bonds is 5. The molecule has 0 saturated heterocycles. The van der Waals surface area contributed by atoms with E-state index in [1.165, 1.54) is 12.1 Å². The number of ether oxygens (including phenoxy) is 1. The summed E-state index contributed by atoms with van der Waals surface area (Å²) in [6.07, 6.45) is 3.12. The molecule has 0 radical (unpaired) electrons. The molecule has 1 saturated carbocycles. The number of aromatic nitrogens is 2. The summed E-state index contributed by atoms with van der Waals surface area (Å²) < 4.78 is 33.9. The number of hydrogen-bond acceptors (Lipinski definition) is 5. The molecule has 1 aliphatic rings. The monoisotopic (exact) mass is 295 g/mol. The van der Waals surface area contributed by atoms with E-state index in [4.69, 9.17) is 10.3 Å². The fourth-order valence-electron chi connectivity index (χ4n) is 2.32. The minimum atomic E-state index is -2.84. The summed E-state index contributed by atoms with van der Waals surface area (Å²) in [7, 11) is 0. The Balaban J connectivity index is 1.72. The molecule has 1 aromatic carbocycles. The Morgan fingerprint density at radius 1 is 1.38 bits per heavy atom. The second-order valence-corrected chi connectivity index (χ2v) is 5.22. The van der Waals surface area contributed by atoms with E-state index in [1.807, 2.05) is 0 Å². The molecule has 1 aromatic heterocycles. The molecule has 2 N–H and O–H groups in total. The predicted octanol–water partition coefficient (Wildman–Crippen LogP) is 2.60. The highest BCUT2D eigenvalue weighted by Gasteiger charge is 2.38. The SMILES string of the molecule is NC1(c2noc(Cc3cccc(OC(F)F)c3)n2)CCC1. The first-order valence-electron chi connectivity index (χ1n) is 6.71. The Hall–Kier alpha value is -2.02. The van der Waals surface area contributed by atoms with Gasteiger partial charge in [0.25, 0.3) is 0 Å². The van der Waals surface area contributed by atoms with Gasteiger partial charge in [0.15, 0.2) is 5.82 Å². The van der Waals surface area contributed by atoms with Crippen LogP contribution in [0.3, 0.4) is 0 Å². The Labute approximate surface area is 120 Å². The zero-order valence-electron chi connectivity index (χ0n) is 11.3. The minimum absolute atomic E-state index is 0.108. The molecule has 0 aliphatic heterocycles. The first-order valence-corrected chi connectivity index (χ1v) is 6.71. The number of alkyl halides is 2. The first kappa shape index (κ1) is 13.9. The average molecular weight is 295 g/mol. The standard InChI is InChI=1S/C14H15F2N3O2/c15-13(16)20-10-4-1-3-9(7-10)8-11-18-12(19-21-11)14(17)5-2-6-14/h1,3-4,7,13H,2,5-6,8,17H2. The Kier molecular flexibility index (Phi) is 3.59. The normalized spacial score (nSPS) is 16.8. The van der Waals surface area contributed by atoms with E-state index >= 15 is 0 Å². The number of nitrogens with zero attached hydrogens (tertiary/aromatic N) is 2. The maximum Gasteiger partial charge on any atom is 0.387 e. The fraction of sp³-hybridized carbons (Fsp3) is 0.429. The molecule has 1 heterocycles. The van der Waals surface area contributed by atoms with Crippen molar-refractivity contribution in [2.45, 2.75) is 37.8 Å². The molecule has 0 bridgehead atoms. The topological polar surface area (TPSA) is 74.2 Å². The zero-order valence-corrected chi connectivity index (χ0v) is 11.3. The van der Waals surface area contributed by atoms with Gasteiger partial charge in [0.2, 0.25) is 5.89 Å². The number of nitrogens with two attached hydrogens (primary N) is 1. The summed E-state index contributed by atoms with van der Waals surface area (Å²) in [6.45, 7) is -2.84. The van der Waals surface area contributed by atoms with E-state index in [-0.39, 0.29) is 5.75 Å². The summed E-state index contributed by atoms with van der Waals surface area (Å²) in [6, 6.07) is 6.42. The van der Waals surface area contributed by atoms with Gasteiger partial charge in [0.1, 0.15) is 5.75 Å². The maximum atomic E-state index is 12.2. The zero-order chi connectivity index (χ0) is 14.9. The third-order valence-electron chi connectivity index (χ3n) is 3.64. The Morgan fingerprint density at radius 2 is 2.19 bits per heavy atom. The largest absolute Gasteiger partial charge is 0.435 e. The van der Waals surface area contributed by atoms with Crippen LogP contribution in [0.1, 0.15) is 36.5 Å². The van der Waals surface area contributed by atoms with Gasteiger partial charge in [0.05, 0.1) is 12.0 Å². The van der Waals surface area contributed by atoms with Crippen LogP contribution in [0.2, 0.25) is 0 Å². The molecule has 2 aromatic rings. The molecule has 21 heavy (non-hydrogen) atoms. The van der Waals surface area contributed by atoms with Crippen molar-refractivity contribution >= 4 is 0 Å². The Bertz CT molecular complexity index is 626. The van der Waals surface area contributed by atoms with Crippen LogP contribution in [0, 0.1) is 0 Å². The van der Waals surface area contributed by atoms with Crippen LogP contribution < -0.4 is 10.5 Å². The summed E-state index contributed by atoms with van der Waals surface area (Å²) in [5.74, 6) is 1.04. The van der Waals surface area contributed by atoms with Gasteiger partial charge in [-0.05, 0) is 37.0 Å². The van der Waals surface area contributed by atoms with Crippen LogP contribution in [0.4, 0.5) is 8.78 Å². The van der Waals surface area contributed by atoms with E-state index in [2.05, 4.69) is 14.9 Å². The van der Waals surface area contributed by atoms with Crippen LogP contribution in [-0.4, -0.2) is 16.8 Å². The lowest BCUT2D eigenvalue weighted by Crippen LogP contribution is -2.44. The lowest BCUT2D eigenvalue weighted by atomic mass is 9.77. The molecule has 0 spiro atoms. The molecule has 1 fully saturated rings. The van der Waals surface area contributed by atoms with Crippen molar-refractivity contribution in [1.29, 1.82) is 0 Å². The highest BCUT2D eigenvalue weighted by atomic mass is 19.3. The molecule has 5 nitrogen and oxygen atoms in total. The van der Waals surface area contributed by atoms with Crippen molar-refractivity contribution < 1.29 is 18.0 Å². The van der Waals surface area contributed by atoms with Crippen molar-refractivity contribution in [3.63, 3.8) is 0 Å². The molecule has 0 unspecified atom stereocenters. The third-order valence-corrected chi connectivity index (χ3v) is 3.64. The second-order valence-electron chi connectivity index (χ2n) is 5.22. The van der Waals surface area contributed by atoms with Gasteiger partial charge in [-0.25, -0.2) is 0 Å². The van der Waals surface area contributed by atoms with Crippen molar-refractivity contribution in [2.75, 3.05) is 0 Å². The van der Waals surface area contributed by atoms with Crippen molar-refractivity contribution in [3.8, 4) is 5.75 Å². The average Bonchev–Trinajstić information content (AvgIpc) is 2.84. The van der Waals surface area contributed by atoms with Gasteiger partial charge in [-0.15, -0.1) is 0 Å². The lowest BCUT2D eigenvalue weighted by Gasteiger charge is -2.34. The van der Waals surface area contributed by atoms with Crippen LogP contribution in [0.5, 0.6) is 5.75 Å². The number of benzene rings is 1. The summed E-state index contributed by atoms with van der Waals surface area (Å²) >= 11 is 0. The molecule has 0 atom stereocenters. The van der Waals surface area contributed by atoms with Crippen molar-refractivity contribution in [2.24, 2.45) is 5.73 Å². The van der Waals surface area contributed by atoms with Crippen LogP contribution >= 0.6 is 0 Å². The molecule has 0 amide bonds. The van der Waals surface area contributed by atoms with Crippen molar-refractivity contribution in [3.05, 3.63) is 41.5 Å². The van der Waals surface area contributed by atoms with Gasteiger partial charge < -0.3 is 15.0 Å². The molecular formula is C14H15F2N3O2. The minimum Gasteiger partial charge on any atom is -0.435 e. The fourth-order valence-corrected chi connectivity index (χ4v) is 2.32. The van der Waals surface area contributed by atoms with Gasteiger partial charge in [-0.2, -0.15) is 13.8 Å². The van der Waals surface area contributed by atoms with E-state index < -0.39 is 12.2 Å². The van der Waals surface area contributed by atoms with Gasteiger partial charge in [-0.3, -0.25) is 0 Å². The summed E-state index contributed by atoms with van der Waals surface area (Å²) in [4.78, 5) is 4.30. The number of halogens is 2. The highest BCUT2D eigenvalue weighted by Crippen LogP contribution is 2.37. The predicted molar refractivity (Wildman–Crippen MR) is 69.9 cm³/mol. The molecule has 7 heteroatoms. The highest BCUT2D eigenvalue weighted by molar-refractivity contribution is 5.30. The van der Waals surface area contributed by atoms with Gasteiger partial charge >= 0.3 is 6.61 Å². The Morgan fingerprint density at radius 3 is 2.86 bits per heavy atom. The first-order chi connectivity index (χ1) is 10.0. The smallest absolute Gasteiger partial charge is 0.387 e. The lowest BCUT2D eigenvalue weighted by molar-refractivity contribution is -0.0498. The van der Waals surface area contributed by atoms with Crippen LogP contribution in [0.25, 0.3) is 0 Å². The van der Waals surface area contributed by atoms with E-state index in [0.29, 0.717) is 18.1 Å². The van der Waals surface area contributed by atoms with Crippen LogP contribution in [-0.2, 0) is 12.0 Å². The van der Waals surface area contributed by atoms with Gasteiger partial charge in [0, 0.05) is 0 Å². The van der Waals surface area contributed by atoms with Crippen LogP contribution in [0.15, 0.2) is 28.8 Å².